The number of allylic oxidation sites excluding steroid dienone is 1. The van der Waals surface area contributed by atoms with E-state index in [2.05, 4.69) is 9.97 Å². The van der Waals surface area contributed by atoms with Crippen LogP contribution in [0.3, 0.4) is 0 Å². The van der Waals surface area contributed by atoms with Gasteiger partial charge in [-0.2, -0.15) is 0 Å². The predicted octanol–water partition coefficient (Wildman–Crippen LogP) is 2.50. The highest BCUT2D eigenvalue weighted by Crippen LogP contribution is 2.27. The molecule has 2 aromatic heterocycles. The Bertz CT molecular complexity index is 979. The SMILES string of the molecule is C/C=C/c1cnc2c(c1)C(=O)N([C@H](C)CO)C[C@H](C)[C@H](CN(C)C(=O)c1cccnc1)O2. The molecule has 3 heterocycles. The summed E-state index contributed by atoms with van der Waals surface area (Å²) in [6.07, 6.45) is 8.13. The second-order valence-electron chi connectivity index (χ2n) is 8.17. The van der Waals surface area contributed by atoms with Gasteiger partial charge in [0.1, 0.15) is 11.7 Å². The number of hydrogen-bond donors (Lipinski definition) is 1. The van der Waals surface area contributed by atoms with Gasteiger partial charge in [0, 0.05) is 38.1 Å². The van der Waals surface area contributed by atoms with Gasteiger partial charge in [-0.1, -0.05) is 19.1 Å². The molecular formula is C24H30N4O4. The molecule has 0 saturated heterocycles. The fraction of sp³-hybridized carbons (Fsp3) is 0.417. The summed E-state index contributed by atoms with van der Waals surface area (Å²) < 4.78 is 6.22. The summed E-state index contributed by atoms with van der Waals surface area (Å²) in [6, 6.07) is 4.83. The smallest absolute Gasteiger partial charge is 0.259 e. The third kappa shape index (κ3) is 5.13. The van der Waals surface area contributed by atoms with Crippen molar-refractivity contribution < 1.29 is 19.4 Å². The minimum atomic E-state index is -0.402. The minimum Gasteiger partial charge on any atom is -0.472 e. The molecule has 0 bridgehead atoms. The predicted molar refractivity (Wildman–Crippen MR) is 121 cm³/mol. The maximum absolute atomic E-state index is 13.3. The molecule has 0 radical (unpaired) electrons. The van der Waals surface area contributed by atoms with E-state index >= 15 is 0 Å². The minimum absolute atomic E-state index is 0.109. The first kappa shape index (κ1) is 23.4. The highest BCUT2D eigenvalue weighted by molar-refractivity contribution is 5.97. The van der Waals surface area contributed by atoms with Gasteiger partial charge in [-0.3, -0.25) is 14.6 Å². The average Bonchev–Trinajstić information content (AvgIpc) is 2.81. The van der Waals surface area contributed by atoms with Crippen LogP contribution in [0, 0.1) is 5.92 Å². The zero-order chi connectivity index (χ0) is 23.3. The molecule has 0 fully saturated rings. The molecule has 170 valence electrons. The van der Waals surface area contributed by atoms with Crippen LogP contribution in [0.2, 0.25) is 0 Å². The largest absolute Gasteiger partial charge is 0.472 e. The van der Waals surface area contributed by atoms with E-state index < -0.39 is 6.10 Å². The van der Waals surface area contributed by atoms with Crippen LogP contribution in [-0.4, -0.2) is 75.6 Å². The number of nitrogens with zero attached hydrogens (tertiary/aromatic N) is 4. The van der Waals surface area contributed by atoms with Gasteiger partial charge < -0.3 is 19.6 Å². The Labute approximate surface area is 188 Å². The molecule has 8 nitrogen and oxygen atoms in total. The van der Waals surface area contributed by atoms with Crippen LogP contribution in [-0.2, 0) is 0 Å². The second-order valence-corrected chi connectivity index (χ2v) is 8.17. The first-order valence-electron chi connectivity index (χ1n) is 10.7. The molecule has 0 unspecified atom stereocenters. The standard InChI is InChI=1S/C24H30N4O4/c1-5-7-18-10-20-22(26-11-18)32-21(16(2)13-28(24(20)31)17(3)15-29)14-27(4)23(30)19-8-6-9-25-12-19/h5-12,16-17,21,29H,13-15H2,1-4H3/b7-5+/t16-,17+,21-/m0/s1. The van der Waals surface area contributed by atoms with Crippen LogP contribution in [0.5, 0.6) is 5.88 Å². The topological polar surface area (TPSA) is 95.9 Å². The van der Waals surface area contributed by atoms with E-state index in [1.807, 2.05) is 32.9 Å². The number of rotatable bonds is 6. The summed E-state index contributed by atoms with van der Waals surface area (Å²) in [5.74, 6) is -0.269. The normalized spacial score (nSPS) is 19.7. The van der Waals surface area contributed by atoms with Gasteiger partial charge >= 0.3 is 0 Å². The van der Waals surface area contributed by atoms with Gasteiger partial charge in [-0.25, -0.2) is 4.98 Å². The maximum atomic E-state index is 13.3. The van der Waals surface area contributed by atoms with E-state index in [9.17, 15) is 14.7 Å². The lowest BCUT2D eigenvalue weighted by Crippen LogP contribution is -2.50. The number of hydrogen-bond acceptors (Lipinski definition) is 6. The van der Waals surface area contributed by atoms with Crippen molar-refractivity contribution in [1.29, 1.82) is 0 Å². The number of carbonyl (C=O) groups is 2. The van der Waals surface area contributed by atoms with Gasteiger partial charge in [0.05, 0.1) is 24.8 Å². The summed E-state index contributed by atoms with van der Waals surface area (Å²) in [5, 5.41) is 9.74. The summed E-state index contributed by atoms with van der Waals surface area (Å²) in [5.41, 5.74) is 1.63. The van der Waals surface area contributed by atoms with Crippen molar-refractivity contribution >= 4 is 17.9 Å². The number of aliphatic hydroxyl groups is 1. The molecule has 1 N–H and O–H groups in total. The molecule has 3 rings (SSSR count). The molecule has 1 aliphatic rings. The van der Waals surface area contributed by atoms with Crippen LogP contribution in [0.15, 0.2) is 42.9 Å². The molecule has 0 saturated carbocycles. The molecule has 0 spiro atoms. The molecule has 0 aliphatic carbocycles. The molecular weight excluding hydrogens is 408 g/mol. The third-order valence-electron chi connectivity index (χ3n) is 5.61. The lowest BCUT2D eigenvalue weighted by Gasteiger charge is -2.37. The second kappa shape index (κ2) is 10.4. The Hall–Kier alpha value is -3.26. The summed E-state index contributed by atoms with van der Waals surface area (Å²) in [6.45, 7) is 6.21. The highest BCUT2D eigenvalue weighted by atomic mass is 16.5. The number of likely N-dealkylation sites (N-methyl/N-ethyl adjacent to an activating group) is 1. The van der Waals surface area contributed by atoms with Crippen LogP contribution < -0.4 is 4.74 Å². The van der Waals surface area contributed by atoms with Crippen LogP contribution >= 0.6 is 0 Å². The van der Waals surface area contributed by atoms with Gasteiger partial charge in [-0.15, -0.1) is 0 Å². The van der Waals surface area contributed by atoms with Crippen LogP contribution in [0.4, 0.5) is 0 Å². The Morgan fingerprint density at radius 3 is 2.88 bits per heavy atom. The van der Waals surface area contributed by atoms with Crippen molar-refractivity contribution in [3.63, 3.8) is 0 Å². The van der Waals surface area contributed by atoms with Crippen molar-refractivity contribution in [3.8, 4) is 5.88 Å². The Morgan fingerprint density at radius 1 is 1.44 bits per heavy atom. The third-order valence-corrected chi connectivity index (χ3v) is 5.61. The van der Waals surface area contributed by atoms with Gasteiger partial charge in [0.25, 0.3) is 11.8 Å². The van der Waals surface area contributed by atoms with Crippen molar-refractivity contribution in [2.75, 3.05) is 26.7 Å². The summed E-state index contributed by atoms with van der Waals surface area (Å²) in [7, 11) is 1.72. The number of pyridine rings is 2. The number of ether oxygens (including phenoxy) is 1. The molecule has 32 heavy (non-hydrogen) atoms. The number of aliphatic hydroxyl groups excluding tert-OH is 1. The monoisotopic (exact) mass is 438 g/mol. The Balaban J connectivity index is 1.93. The first-order chi connectivity index (χ1) is 15.3. The van der Waals surface area contributed by atoms with E-state index in [0.29, 0.717) is 24.2 Å². The van der Waals surface area contributed by atoms with Gasteiger partial charge in [0.2, 0.25) is 5.88 Å². The van der Waals surface area contributed by atoms with E-state index in [1.165, 1.54) is 6.20 Å². The number of amides is 2. The average molecular weight is 439 g/mol. The quantitative estimate of drug-likeness (QED) is 0.745. The van der Waals surface area contributed by atoms with E-state index in [0.717, 1.165) is 5.56 Å². The molecule has 3 atom stereocenters. The fourth-order valence-electron chi connectivity index (χ4n) is 3.68. The van der Waals surface area contributed by atoms with E-state index in [1.54, 1.807) is 47.4 Å². The van der Waals surface area contributed by atoms with Crippen molar-refractivity contribution in [1.82, 2.24) is 19.8 Å². The fourth-order valence-corrected chi connectivity index (χ4v) is 3.68. The lowest BCUT2D eigenvalue weighted by atomic mass is 9.99. The molecule has 8 heteroatoms. The van der Waals surface area contributed by atoms with Crippen LogP contribution in [0.25, 0.3) is 6.08 Å². The Morgan fingerprint density at radius 2 is 2.22 bits per heavy atom. The number of aromatic nitrogens is 2. The number of fused-ring (bicyclic) bond motifs is 1. The summed E-state index contributed by atoms with van der Waals surface area (Å²) in [4.78, 5) is 37.8. The maximum Gasteiger partial charge on any atom is 0.259 e. The van der Waals surface area contributed by atoms with Crippen molar-refractivity contribution in [2.45, 2.75) is 32.9 Å². The van der Waals surface area contributed by atoms with E-state index in [-0.39, 0.29) is 36.3 Å². The van der Waals surface area contributed by atoms with E-state index in [4.69, 9.17) is 4.74 Å². The summed E-state index contributed by atoms with van der Waals surface area (Å²) >= 11 is 0. The van der Waals surface area contributed by atoms with Gasteiger partial charge in [0.15, 0.2) is 0 Å². The highest BCUT2D eigenvalue weighted by Gasteiger charge is 2.34. The zero-order valence-corrected chi connectivity index (χ0v) is 18.9. The molecule has 2 amide bonds. The van der Waals surface area contributed by atoms with Crippen LogP contribution in [0.1, 0.15) is 47.1 Å². The van der Waals surface area contributed by atoms with Crippen molar-refractivity contribution in [2.24, 2.45) is 5.92 Å². The molecule has 0 aromatic carbocycles. The first-order valence-corrected chi connectivity index (χ1v) is 10.7. The molecule has 2 aromatic rings. The Kier molecular flexibility index (Phi) is 7.58. The molecule has 1 aliphatic heterocycles. The number of carbonyl (C=O) groups excluding carboxylic acids is 2. The lowest BCUT2D eigenvalue weighted by molar-refractivity contribution is 0.0313. The van der Waals surface area contributed by atoms with Gasteiger partial charge in [-0.05, 0) is 37.6 Å². The zero-order valence-electron chi connectivity index (χ0n) is 18.9. The van der Waals surface area contributed by atoms with Crippen molar-refractivity contribution in [3.05, 3.63) is 59.6 Å².